The van der Waals surface area contributed by atoms with Gasteiger partial charge in [0, 0.05) is 19.7 Å². The van der Waals surface area contributed by atoms with Gasteiger partial charge in [-0.25, -0.2) is 4.79 Å². The first kappa shape index (κ1) is 14.3. The van der Waals surface area contributed by atoms with Crippen molar-refractivity contribution in [2.75, 3.05) is 26.3 Å². The quantitative estimate of drug-likeness (QED) is 0.631. The monoisotopic (exact) mass is 242 g/mol. The molecule has 0 spiro atoms. The molecule has 1 heterocycles. The van der Waals surface area contributed by atoms with Crippen molar-refractivity contribution in [2.45, 2.75) is 52.0 Å². The average molecular weight is 242 g/mol. The second kappa shape index (κ2) is 8.34. The van der Waals surface area contributed by atoms with E-state index in [0.29, 0.717) is 12.6 Å². The van der Waals surface area contributed by atoms with Crippen LogP contribution in [0, 0.1) is 0 Å². The first-order chi connectivity index (χ1) is 8.29. The highest BCUT2D eigenvalue weighted by molar-refractivity contribution is 5.76. The molecule has 0 aromatic heterocycles. The summed E-state index contributed by atoms with van der Waals surface area (Å²) >= 11 is 0. The van der Waals surface area contributed by atoms with Crippen molar-refractivity contribution in [1.29, 1.82) is 0 Å². The summed E-state index contributed by atoms with van der Waals surface area (Å²) in [5.41, 5.74) is 0. The van der Waals surface area contributed by atoms with Crippen molar-refractivity contribution in [1.82, 2.24) is 10.2 Å². The molecule has 1 rings (SSSR count). The summed E-state index contributed by atoms with van der Waals surface area (Å²) in [5, 5.41) is 2.91. The van der Waals surface area contributed by atoms with Crippen LogP contribution in [0.4, 0.5) is 4.79 Å². The number of nitrogens with one attached hydrogen (secondary N) is 1. The van der Waals surface area contributed by atoms with Crippen LogP contribution in [0.15, 0.2) is 0 Å². The van der Waals surface area contributed by atoms with Crippen LogP contribution in [-0.4, -0.2) is 43.3 Å². The van der Waals surface area contributed by atoms with Crippen LogP contribution in [0.2, 0.25) is 0 Å². The van der Waals surface area contributed by atoms with Crippen LogP contribution in [-0.2, 0) is 4.74 Å². The van der Waals surface area contributed by atoms with Gasteiger partial charge in [-0.05, 0) is 12.8 Å². The molecule has 1 unspecified atom stereocenters. The maximum Gasteiger partial charge on any atom is 0.317 e. The van der Waals surface area contributed by atoms with E-state index in [9.17, 15) is 4.79 Å². The Morgan fingerprint density at radius 1 is 1.29 bits per heavy atom. The van der Waals surface area contributed by atoms with Crippen molar-refractivity contribution in [3.8, 4) is 0 Å². The molecule has 0 radical (unpaired) electrons. The third kappa shape index (κ3) is 4.94. The molecule has 0 aromatic carbocycles. The molecule has 2 amide bonds. The summed E-state index contributed by atoms with van der Waals surface area (Å²) in [6.45, 7) is 7.33. The number of nitrogens with zero attached hydrogens (tertiary/aromatic N) is 1. The maximum atomic E-state index is 11.6. The highest BCUT2D eigenvalue weighted by Crippen LogP contribution is 2.13. The number of rotatable bonds is 9. The van der Waals surface area contributed by atoms with E-state index in [4.69, 9.17) is 4.74 Å². The Morgan fingerprint density at radius 3 is 2.76 bits per heavy atom. The number of amides is 2. The van der Waals surface area contributed by atoms with Gasteiger partial charge in [0.25, 0.3) is 0 Å². The topological polar surface area (TPSA) is 41.6 Å². The van der Waals surface area contributed by atoms with Crippen molar-refractivity contribution in [2.24, 2.45) is 0 Å². The molecule has 1 fully saturated rings. The smallest absolute Gasteiger partial charge is 0.317 e. The normalized spacial score (nSPS) is 19.8. The van der Waals surface area contributed by atoms with Gasteiger partial charge in [-0.15, -0.1) is 0 Å². The summed E-state index contributed by atoms with van der Waals surface area (Å²) in [6.07, 6.45) is 5.73. The van der Waals surface area contributed by atoms with Gasteiger partial charge in [0.15, 0.2) is 0 Å². The SMILES string of the molecule is CCCCOCCN1C(=O)NCC1CCCC. The third-order valence-corrected chi connectivity index (χ3v) is 3.20. The van der Waals surface area contributed by atoms with Gasteiger partial charge in [-0.3, -0.25) is 0 Å². The molecule has 4 heteroatoms. The largest absolute Gasteiger partial charge is 0.380 e. The van der Waals surface area contributed by atoms with Gasteiger partial charge in [-0.2, -0.15) is 0 Å². The molecule has 0 aliphatic carbocycles. The zero-order valence-electron chi connectivity index (χ0n) is 11.2. The molecule has 17 heavy (non-hydrogen) atoms. The van der Waals surface area contributed by atoms with Crippen molar-refractivity contribution in [3.05, 3.63) is 0 Å². The standard InChI is InChI=1S/C13H26N2O2/c1-3-5-7-12-11-14-13(16)15(12)8-10-17-9-6-4-2/h12H,3-11H2,1-2H3,(H,14,16). The summed E-state index contributed by atoms with van der Waals surface area (Å²) in [6, 6.07) is 0.447. The van der Waals surface area contributed by atoms with E-state index >= 15 is 0 Å². The molecule has 0 saturated carbocycles. The zero-order chi connectivity index (χ0) is 12.5. The lowest BCUT2D eigenvalue weighted by molar-refractivity contribution is 0.104. The van der Waals surface area contributed by atoms with E-state index in [1.54, 1.807) is 0 Å². The number of urea groups is 1. The number of carbonyl (C=O) groups is 1. The minimum absolute atomic E-state index is 0.0743. The summed E-state index contributed by atoms with van der Waals surface area (Å²) in [4.78, 5) is 13.6. The van der Waals surface area contributed by atoms with E-state index in [-0.39, 0.29) is 6.03 Å². The molecule has 100 valence electrons. The van der Waals surface area contributed by atoms with Crippen molar-refractivity contribution < 1.29 is 9.53 Å². The van der Waals surface area contributed by atoms with Crippen LogP contribution >= 0.6 is 0 Å². The lowest BCUT2D eigenvalue weighted by Crippen LogP contribution is -2.37. The molecule has 1 aliphatic heterocycles. The molecule has 0 bridgehead atoms. The van der Waals surface area contributed by atoms with Gasteiger partial charge in [0.05, 0.1) is 12.6 Å². The Labute approximate surface area is 105 Å². The predicted molar refractivity (Wildman–Crippen MR) is 69.1 cm³/mol. The minimum atomic E-state index is 0.0743. The number of unbranched alkanes of at least 4 members (excludes halogenated alkanes) is 2. The second-order valence-electron chi connectivity index (χ2n) is 4.64. The van der Waals surface area contributed by atoms with E-state index in [2.05, 4.69) is 19.2 Å². The average Bonchev–Trinajstić information content (AvgIpc) is 2.68. The summed E-state index contributed by atoms with van der Waals surface area (Å²) in [7, 11) is 0. The number of carbonyl (C=O) groups excluding carboxylic acids is 1. The Hall–Kier alpha value is -0.770. The lowest BCUT2D eigenvalue weighted by Gasteiger charge is -2.22. The van der Waals surface area contributed by atoms with Crippen LogP contribution in [0.5, 0.6) is 0 Å². The van der Waals surface area contributed by atoms with Crippen molar-refractivity contribution in [3.63, 3.8) is 0 Å². The third-order valence-electron chi connectivity index (χ3n) is 3.20. The number of hydrogen-bond acceptors (Lipinski definition) is 2. The first-order valence-corrected chi connectivity index (χ1v) is 6.91. The van der Waals surface area contributed by atoms with Crippen LogP contribution in [0.25, 0.3) is 0 Å². The molecule has 1 N–H and O–H groups in total. The fraction of sp³-hybridized carbons (Fsp3) is 0.923. The summed E-state index contributed by atoms with van der Waals surface area (Å²) < 4.78 is 5.52. The van der Waals surface area contributed by atoms with E-state index in [1.807, 2.05) is 4.90 Å². The highest BCUT2D eigenvalue weighted by atomic mass is 16.5. The van der Waals surface area contributed by atoms with Crippen molar-refractivity contribution >= 4 is 6.03 Å². The second-order valence-corrected chi connectivity index (χ2v) is 4.64. The Kier molecular flexibility index (Phi) is 7.01. The van der Waals surface area contributed by atoms with Crippen LogP contribution in [0.3, 0.4) is 0 Å². The van der Waals surface area contributed by atoms with Gasteiger partial charge in [0.2, 0.25) is 0 Å². The number of ether oxygens (including phenoxy) is 1. The van der Waals surface area contributed by atoms with Gasteiger partial charge in [0.1, 0.15) is 0 Å². The van der Waals surface area contributed by atoms with Gasteiger partial charge >= 0.3 is 6.03 Å². The van der Waals surface area contributed by atoms with Crippen LogP contribution in [0.1, 0.15) is 46.0 Å². The number of hydrogen-bond donors (Lipinski definition) is 1. The van der Waals surface area contributed by atoms with Gasteiger partial charge in [-0.1, -0.05) is 33.1 Å². The molecular weight excluding hydrogens is 216 g/mol. The molecule has 1 aliphatic rings. The first-order valence-electron chi connectivity index (χ1n) is 6.91. The Morgan fingerprint density at radius 2 is 2.06 bits per heavy atom. The maximum absolute atomic E-state index is 11.6. The van der Waals surface area contributed by atoms with E-state index in [1.165, 1.54) is 12.8 Å². The van der Waals surface area contributed by atoms with Crippen LogP contribution < -0.4 is 5.32 Å². The molecule has 0 aromatic rings. The summed E-state index contributed by atoms with van der Waals surface area (Å²) in [5.74, 6) is 0. The Bertz CT molecular complexity index is 221. The van der Waals surface area contributed by atoms with E-state index < -0.39 is 0 Å². The highest BCUT2D eigenvalue weighted by Gasteiger charge is 2.29. The molecule has 1 atom stereocenters. The molecule has 4 nitrogen and oxygen atoms in total. The minimum Gasteiger partial charge on any atom is -0.380 e. The predicted octanol–water partition coefficient (Wildman–Crippen LogP) is 2.39. The Balaban J connectivity index is 2.20. The fourth-order valence-corrected chi connectivity index (χ4v) is 2.08. The lowest BCUT2D eigenvalue weighted by atomic mass is 10.1. The fourth-order valence-electron chi connectivity index (χ4n) is 2.08. The van der Waals surface area contributed by atoms with E-state index in [0.717, 1.165) is 39.0 Å². The molecular formula is C13H26N2O2. The zero-order valence-corrected chi connectivity index (χ0v) is 11.2. The van der Waals surface area contributed by atoms with Gasteiger partial charge < -0.3 is 15.0 Å². The molecule has 1 saturated heterocycles.